The molecule has 178 valence electrons. The summed E-state index contributed by atoms with van der Waals surface area (Å²) in [6.07, 6.45) is 2.01. The second-order valence-corrected chi connectivity index (χ2v) is 9.87. The molecule has 0 N–H and O–H groups in total. The minimum atomic E-state index is 0.985. The van der Waals surface area contributed by atoms with Gasteiger partial charge in [-0.25, -0.2) is 0 Å². The van der Waals surface area contributed by atoms with Gasteiger partial charge in [0.05, 0.1) is 5.69 Å². The van der Waals surface area contributed by atoms with E-state index in [4.69, 9.17) is 0 Å². The van der Waals surface area contributed by atoms with E-state index in [0.717, 1.165) is 34.4 Å². The molecule has 5 aromatic rings. The molecule has 1 nitrogen and oxygen atoms in total. The smallest absolute Gasteiger partial charge is 0.0540 e. The zero-order chi connectivity index (χ0) is 24.9. The van der Waals surface area contributed by atoms with Crippen molar-refractivity contribution in [3.05, 3.63) is 137 Å². The lowest BCUT2D eigenvalue weighted by molar-refractivity contribution is 1.13. The molecule has 0 saturated carbocycles. The lowest BCUT2D eigenvalue weighted by atomic mass is 9.91. The quantitative estimate of drug-likeness (QED) is 0.202. The third-order valence-corrected chi connectivity index (χ3v) is 7.18. The Bertz CT molecular complexity index is 1440. The van der Waals surface area contributed by atoms with E-state index in [9.17, 15) is 0 Å². The molecule has 0 amide bonds. The van der Waals surface area contributed by atoms with Gasteiger partial charge in [-0.15, -0.1) is 0 Å². The summed E-state index contributed by atoms with van der Waals surface area (Å²) in [6.45, 7) is 4.42. The van der Waals surface area contributed by atoms with Crippen molar-refractivity contribution >= 4 is 33.0 Å². The molecule has 0 aliphatic heterocycles. The first-order valence-electron chi connectivity index (χ1n) is 12.6. The Kier molecular flexibility index (Phi) is 7.34. The minimum absolute atomic E-state index is 0.985. The third kappa shape index (κ3) is 5.01. The summed E-state index contributed by atoms with van der Waals surface area (Å²) in [7, 11) is 0. The maximum absolute atomic E-state index is 3.76. The van der Waals surface area contributed by atoms with Gasteiger partial charge in [-0.1, -0.05) is 103 Å². The first-order chi connectivity index (χ1) is 17.7. The summed E-state index contributed by atoms with van der Waals surface area (Å²) >= 11 is 3.76. The van der Waals surface area contributed by atoms with E-state index in [1.807, 2.05) is 0 Å². The van der Waals surface area contributed by atoms with Crippen LogP contribution in [0.1, 0.15) is 25.0 Å². The fourth-order valence-corrected chi connectivity index (χ4v) is 5.07. The maximum Gasteiger partial charge on any atom is 0.0540 e. The SMILES string of the molecule is CCc1ccc(N(c2ccccc2)c2ccc(CC)cc2-c2cc(Br)ccc2-c2ccccc2)cc1. The van der Waals surface area contributed by atoms with Crippen LogP contribution in [0.25, 0.3) is 22.3 Å². The van der Waals surface area contributed by atoms with E-state index in [0.29, 0.717) is 0 Å². The van der Waals surface area contributed by atoms with Gasteiger partial charge in [0, 0.05) is 21.4 Å². The lowest BCUT2D eigenvalue weighted by Gasteiger charge is -2.29. The first kappa shape index (κ1) is 24.1. The largest absolute Gasteiger partial charge is 0.310 e. The number of aryl methyl sites for hydroxylation is 2. The molecular weight excluding hydrogens is 502 g/mol. The molecule has 0 unspecified atom stereocenters. The van der Waals surface area contributed by atoms with Crippen LogP contribution in [0.3, 0.4) is 0 Å². The highest BCUT2D eigenvalue weighted by Gasteiger charge is 2.20. The molecule has 0 atom stereocenters. The molecule has 5 rings (SSSR count). The van der Waals surface area contributed by atoms with Crippen LogP contribution in [0.2, 0.25) is 0 Å². The highest BCUT2D eigenvalue weighted by atomic mass is 79.9. The molecule has 5 aromatic carbocycles. The summed E-state index contributed by atoms with van der Waals surface area (Å²) in [4.78, 5) is 2.38. The minimum Gasteiger partial charge on any atom is -0.310 e. The average Bonchev–Trinajstić information content (AvgIpc) is 2.95. The first-order valence-corrected chi connectivity index (χ1v) is 13.4. The van der Waals surface area contributed by atoms with Crippen molar-refractivity contribution in [3.8, 4) is 22.3 Å². The number of rotatable bonds is 7. The molecule has 0 radical (unpaired) electrons. The monoisotopic (exact) mass is 531 g/mol. The van der Waals surface area contributed by atoms with Gasteiger partial charge in [-0.2, -0.15) is 0 Å². The van der Waals surface area contributed by atoms with E-state index in [1.165, 1.54) is 33.4 Å². The highest BCUT2D eigenvalue weighted by molar-refractivity contribution is 9.10. The fourth-order valence-electron chi connectivity index (χ4n) is 4.71. The number of nitrogens with zero attached hydrogens (tertiary/aromatic N) is 1. The number of anilines is 3. The van der Waals surface area contributed by atoms with Gasteiger partial charge in [-0.05, 0) is 89.2 Å². The number of hydrogen-bond donors (Lipinski definition) is 0. The molecule has 0 aliphatic rings. The Hall–Kier alpha value is -3.62. The van der Waals surface area contributed by atoms with Crippen LogP contribution in [-0.4, -0.2) is 0 Å². The molecule has 36 heavy (non-hydrogen) atoms. The van der Waals surface area contributed by atoms with Crippen LogP contribution in [-0.2, 0) is 12.8 Å². The molecule has 0 bridgehead atoms. The van der Waals surface area contributed by atoms with E-state index in [-0.39, 0.29) is 0 Å². The Morgan fingerprint density at radius 1 is 0.528 bits per heavy atom. The van der Waals surface area contributed by atoms with Crippen molar-refractivity contribution in [2.75, 3.05) is 4.90 Å². The number of benzene rings is 5. The Labute approximate surface area is 223 Å². The number of hydrogen-bond acceptors (Lipinski definition) is 1. The Morgan fingerprint density at radius 2 is 1.14 bits per heavy atom. The van der Waals surface area contributed by atoms with E-state index in [1.54, 1.807) is 0 Å². The predicted octanol–water partition coefficient (Wildman–Crippen LogP) is 10.4. The normalized spacial score (nSPS) is 10.9. The van der Waals surface area contributed by atoms with Crippen LogP contribution in [0.15, 0.2) is 126 Å². The van der Waals surface area contributed by atoms with E-state index < -0.39 is 0 Å². The second kappa shape index (κ2) is 11.0. The topological polar surface area (TPSA) is 3.24 Å². The van der Waals surface area contributed by atoms with Gasteiger partial charge >= 0.3 is 0 Å². The van der Waals surface area contributed by atoms with Gasteiger partial charge in [-0.3, -0.25) is 0 Å². The third-order valence-electron chi connectivity index (χ3n) is 6.68. The van der Waals surface area contributed by atoms with Crippen LogP contribution in [0.5, 0.6) is 0 Å². The van der Waals surface area contributed by atoms with Crippen molar-refractivity contribution in [2.24, 2.45) is 0 Å². The molecule has 0 aromatic heterocycles. The molecule has 0 heterocycles. The maximum atomic E-state index is 3.76. The van der Waals surface area contributed by atoms with Crippen LogP contribution >= 0.6 is 15.9 Å². The standard InChI is InChI=1S/C34H30BrN/c1-3-25-15-19-30(20-16-25)36(29-13-9-6-10-14-29)34-22-17-26(4-2)23-33(34)32-24-28(35)18-21-31(32)27-11-7-5-8-12-27/h5-24H,3-4H2,1-2H3. The molecule has 0 fully saturated rings. The molecule has 0 aliphatic carbocycles. The molecular formula is C34H30BrN. The zero-order valence-corrected chi connectivity index (χ0v) is 22.4. The second-order valence-electron chi connectivity index (χ2n) is 8.95. The fraction of sp³-hybridized carbons (Fsp3) is 0.118. The van der Waals surface area contributed by atoms with Crippen molar-refractivity contribution in [1.82, 2.24) is 0 Å². The average molecular weight is 533 g/mol. The van der Waals surface area contributed by atoms with Crippen molar-refractivity contribution < 1.29 is 0 Å². The predicted molar refractivity (Wildman–Crippen MR) is 158 cm³/mol. The van der Waals surface area contributed by atoms with Gasteiger partial charge < -0.3 is 4.90 Å². The van der Waals surface area contributed by atoms with Gasteiger partial charge in [0.25, 0.3) is 0 Å². The van der Waals surface area contributed by atoms with Gasteiger partial charge in [0.15, 0.2) is 0 Å². The van der Waals surface area contributed by atoms with E-state index in [2.05, 4.69) is 156 Å². The summed E-state index contributed by atoms with van der Waals surface area (Å²) in [5, 5.41) is 0. The number of halogens is 1. The summed E-state index contributed by atoms with van der Waals surface area (Å²) < 4.78 is 1.07. The summed E-state index contributed by atoms with van der Waals surface area (Å²) in [5.41, 5.74) is 11.0. The lowest BCUT2D eigenvalue weighted by Crippen LogP contribution is -2.11. The van der Waals surface area contributed by atoms with Crippen molar-refractivity contribution in [2.45, 2.75) is 26.7 Å². The van der Waals surface area contributed by atoms with Gasteiger partial charge in [0.2, 0.25) is 0 Å². The van der Waals surface area contributed by atoms with Crippen LogP contribution < -0.4 is 4.90 Å². The molecule has 0 saturated heterocycles. The summed E-state index contributed by atoms with van der Waals surface area (Å²) in [6, 6.07) is 43.8. The van der Waals surface area contributed by atoms with E-state index >= 15 is 0 Å². The number of para-hydroxylation sites is 1. The van der Waals surface area contributed by atoms with Crippen LogP contribution in [0.4, 0.5) is 17.1 Å². The molecule has 0 spiro atoms. The Balaban J connectivity index is 1.78. The zero-order valence-electron chi connectivity index (χ0n) is 20.8. The van der Waals surface area contributed by atoms with Crippen molar-refractivity contribution in [1.29, 1.82) is 0 Å². The highest BCUT2D eigenvalue weighted by Crippen LogP contribution is 2.44. The van der Waals surface area contributed by atoms with Crippen LogP contribution in [0, 0.1) is 0 Å². The molecule has 2 heteroatoms. The summed E-state index contributed by atoms with van der Waals surface area (Å²) in [5.74, 6) is 0. The Morgan fingerprint density at radius 3 is 1.81 bits per heavy atom. The van der Waals surface area contributed by atoms with Crippen molar-refractivity contribution in [3.63, 3.8) is 0 Å². The van der Waals surface area contributed by atoms with Gasteiger partial charge in [0.1, 0.15) is 0 Å².